The first kappa shape index (κ1) is 14.7. The minimum Gasteiger partial charge on any atom is -0.481 e. The second-order valence-corrected chi connectivity index (χ2v) is 3.93. The molecule has 0 aliphatic rings. The van der Waals surface area contributed by atoms with E-state index in [1.54, 1.807) is 6.92 Å². The number of carboxylic acid groups (broad SMARTS) is 2. The summed E-state index contributed by atoms with van der Waals surface area (Å²) < 4.78 is 0. The van der Waals surface area contributed by atoms with Crippen molar-refractivity contribution in [1.29, 1.82) is 0 Å². The number of carboxylic acids is 2. The molecule has 0 heterocycles. The lowest BCUT2D eigenvalue weighted by Gasteiger charge is -2.10. The minimum atomic E-state index is -1.08. The highest BCUT2D eigenvalue weighted by atomic mass is 16.4. The van der Waals surface area contributed by atoms with Crippen LogP contribution in [-0.4, -0.2) is 22.2 Å². The van der Waals surface area contributed by atoms with Crippen LogP contribution < -0.4 is 0 Å². The van der Waals surface area contributed by atoms with Gasteiger partial charge in [0.1, 0.15) is 0 Å². The Bertz CT molecular complexity index is 268. The highest BCUT2D eigenvalue weighted by Crippen LogP contribution is 2.17. The molecular weight excluding hydrogens is 208 g/mol. The summed E-state index contributed by atoms with van der Waals surface area (Å²) in [6, 6.07) is 0. The predicted molar refractivity (Wildman–Crippen MR) is 61.3 cm³/mol. The number of rotatable bonds is 8. The Morgan fingerprint density at radius 3 is 2.31 bits per heavy atom. The third kappa shape index (κ3) is 6.22. The average molecular weight is 228 g/mol. The van der Waals surface area contributed by atoms with Crippen molar-refractivity contribution >= 4 is 11.9 Å². The standard InChI is InChI=1S/C12H20O4/c1-3-4-5-6-7-9(2)10(12(15)16)8-11(13)14/h7,10H,3-6,8H2,1-2H3,(H,13,14)(H,15,16). The number of unbranched alkanes of at least 4 members (excludes halogenated alkanes) is 3. The Hall–Kier alpha value is -1.32. The van der Waals surface area contributed by atoms with Gasteiger partial charge >= 0.3 is 11.9 Å². The van der Waals surface area contributed by atoms with Crippen LogP contribution in [0.1, 0.15) is 46.0 Å². The average Bonchev–Trinajstić information content (AvgIpc) is 2.20. The molecule has 0 aromatic heterocycles. The number of allylic oxidation sites excluding steroid dienone is 1. The van der Waals surface area contributed by atoms with E-state index >= 15 is 0 Å². The Kier molecular flexibility index (Phi) is 7.25. The van der Waals surface area contributed by atoms with Gasteiger partial charge in [-0.25, -0.2) is 0 Å². The number of hydrogen-bond acceptors (Lipinski definition) is 2. The summed E-state index contributed by atoms with van der Waals surface area (Å²) >= 11 is 0. The van der Waals surface area contributed by atoms with Crippen molar-refractivity contribution in [3.63, 3.8) is 0 Å². The van der Waals surface area contributed by atoms with E-state index in [1.807, 2.05) is 6.08 Å². The molecule has 4 heteroatoms. The van der Waals surface area contributed by atoms with E-state index in [-0.39, 0.29) is 6.42 Å². The first-order chi connectivity index (χ1) is 7.49. The topological polar surface area (TPSA) is 74.6 Å². The molecule has 0 aromatic carbocycles. The van der Waals surface area contributed by atoms with Crippen molar-refractivity contribution in [1.82, 2.24) is 0 Å². The molecule has 0 amide bonds. The summed E-state index contributed by atoms with van der Waals surface area (Å²) in [7, 11) is 0. The zero-order valence-corrected chi connectivity index (χ0v) is 9.90. The van der Waals surface area contributed by atoms with Crippen molar-refractivity contribution in [2.45, 2.75) is 46.0 Å². The van der Waals surface area contributed by atoms with Crippen LogP contribution in [0.5, 0.6) is 0 Å². The predicted octanol–water partition coefficient (Wildman–Crippen LogP) is 2.69. The van der Waals surface area contributed by atoms with Gasteiger partial charge in [0, 0.05) is 0 Å². The molecular formula is C12H20O4. The molecule has 0 aliphatic heterocycles. The minimum absolute atomic E-state index is 0.342. The van der Waals surface area contributed by atoms with E-state index in [9.17, 15) is 9.59 Å². The Balaban J connectivity index is 4.30. The maximum Gasteiger partial charge on any atom is 0.311 e. The fraction of sp³-hybridized carbons (Fsp3) is 0.667. The van der Waals surface area contributed by atoms with Crippen LogP contribution in [0.25, 0.3) is 0 Å². The number of carbonyl (C=O) groups is 2. The number of aliphatic carboxylic acids is 2. The first-order valence-electron chi connectivity index (χ1n) is 5.60. The van der Waals surface area contributed by atoms with E-state index < -0.39 is 17.9 Å². The van der Waals surface area contributed by atoms with Gasteiger partial charge in [-0.05, 0) is 19.8 Å². The number of hydrogen-bond donors (Lipinski definition) is 2. The molecule has 0 spiro atoms. The smallest absolute Gasteiger partial charge is 0.311 e. The summed E-state index contributed by atoms with van der Waals surface area (Å²) in [5.41, 5.74) is 0.644. The van der Waals surface area contributed by atoms with Crippen LogP contribution in [0.4, 0.5) is 0 Å². The fourth-order valence-electron chi connectivity index (χ4n) is 1.48. The van der Waals surface area contributed by atoms with Gasteiger partial charge in [-0.15, -0.1) is 0 Å². The monoisotopic (exact) mass is 228 g/mol. The molecule has 0 aromatic rings. The summed E-state index contributed by atoms with van der Waals surface area (Å²) in [5.74, 6) is -3.03. The second-order valence-electron chi connectivity index (χ2n) is 3.93. The molecule has 0 bridgehead atoms. The van der Waals surface area contributed by atoms with E-state index in [2.05, 4.69) is 6.92 Å². The van der Waals surface area contributed by atoms with Crippen molar-refractivity contribution < 1.29 is 19.8 Å². The molecule has 92 valence electrons. The van der Waals surface area contributed by atoms with Crippen LogP contribution >= 0.6 is 0 Å². The molecule has 1 atom stereocenters. The highest BCUT2D eigenvalue weighted by molar-refractivity contribution is 5.80. The lowest BCUT2D eigenvalue weighted by molar-refractivity contribution is -0.146. The molecule has 2 N–H and O–H groups in total. The van der Waals surface area contributed by atoms with E-state index in [0.29, 0.717) is 5.57 Å². The molecule has 0 saturated carbocycles. The van der Waals surface area contributed by atoms with Crippen LogP contribution in [0.15, 0.2) is 11.6 Å². The molecule has 0 radical (unpaired) electrons. The van der Waals surface area contributed by atoms with Crippen LogP contribution in [0.2, 0.25) is 0 Å². The molecule has 0 aliphatic carbocycles. The zero-order valence-electron chi connectivity index (χ0n) is 9.90. The summed E-state index contributed by atoms with van der Waals surface area (Å²) in [6.45, 7) is 3.79. The second kappa shape index (κ2) is 7.91. The first-order valence-corrected chi connectivity index (χ1v) is 5.60. The Labute approximate surface area is 96.0 Å². The van der Waals surface area contributed by atoms with Crippen molar-refractivity contribution in [2.24, 2.45) is 5.92 Å². The fourth-order valence-corrected chi connectivity index (χ4v) is 1.48. The van der Waals surface area contributed by atoms with Gasteiger partial charge in [0.25, 0.3) is 0 Å². The van der Waals surface area contributed by atoms with Gasteiger partial charge in [0.2, 0.25) is 0 Å². The zero-order chi connectivity index (χ0) is 12.6. The van der Waals surface area contributed by atoms with Gasteiger partial charge in [-0.1, -0.05) is 31.4 Å². The lowest BCUT2D eigenvalue weighted by atomic mass is 9.95. The molecule has 0 saturated heterocycles. The third-order valence-corrected chi connectivity index (χ3v) is 2.50. The molecule has 0 rings (SSSR count). The van der Waals surface area contributed by atoms with Crippen molar-refractivity contribution in [3.05, 3.63) is 11.6 Å². The third-order valence-electron chi connectivity index (χ3n) is 2.50. The molecule has 4 nitrogen and oxygen atoms in total. The molecule has 0 fully saturated rings. The van der Waals surface area contributed by atoms with Crippen LogP contribution in [-0.2, 0) is 9.59 Å². The summed E-state index contributed by atoms with van der Waals surface area (Å²) in [6.07, 6.45) is 5.57. The molecule has 16 heavy (non-hydrogen) atoms. The highest BCUT2D eigenvalue weighted by Gasteiger charge is 2.22. The van der Waals surface area contributed by atoms with E-state index in [1.165, 1.54) is 0 Å². The summed E-state index contributed by atoms with van der Waals surface area (Å²) in [5, 5.41) is 17.5. The quantitative estimate of drug-likeness (QED) is 0.494. The SMILES string of the molecule is CCCCCC=C(C)C(CC(=O)O)C(=O)O. The van der Waals surface area contributed by atoms with Gasteiger partial charge in [-0.2, -0.15) is 0 Å². The largest absolute Gasteiger partial charge is 0.481 e. The normalized spacial score (nSPS) is 13.5. The van der Waals surface area contributed by atoms with E-state index in [0.717, 1.165) is 25.7 Å². The van der Waals surface area contributed by atoms with Crippen molar-refractivity contribution in [3.8, 4) is 0 Å². The maximum atomic E-state index is 10.9. The molecule has 1 unspecified atom stereocenters. The Morgan fingerprint density at radius 2 is 1.88 bits per heavy atom. The lowest BCUT2D eigenvalue weighted by Crippen LogP contribution is -2.18. The van der Waals surface area contributed by atoms with Gasteiger partial charge in [0.15, 0.2) is 0 Å². The van der Waals surface area contributed by atoms with Gasteiger partial charge in [0.05, 0.1) is 12.3 Å². The summed E-state index contributed by atoms with van der Waals surface area (Å²) in [4.78, 5) is 21.4. The van der Waals surface area contributed by atoms with E-state index in [4.69, 9.17) is 10.2 Å². The Morgan fingerprint density at radius 1 is 1.25 bits per heavy atom. The van der Waals surface area contributed by atoms with Crippen LogP contribution in [0, 0.1) is 5.92 Å². The van der Waals surface area contributed by atoms with Crippen LogP contribution in [0.3, 0.4) is 0 Å². The van der Waals surface area contributed by atoms with Crippen molar-refractivity contribution in [2.75, 3.05) is 0 Å². The van der Waals surface area contributed by atoms with Gasteiger partial charge in [-0.3, -0.25) is 9.59 Å². The maximum absolute atomic E-state index is 10.9. The van der Waals surface area contributed by atoms with Gasteiger partial charge < -0.3 is 10.2 Å².